The Morgan fingerprint density at radius 1 is 0.674 bits per heavy atom. The Hall–Kier alpha value is -4.49. The molecule has 0 aromatic heterocycles. The van der Waals surface area contributed by atoms with Crippen LogP contribution >= 0.6 is 0 Å². The Kier molecular flexibility index (Phi) is 12.6. The van der Waals surface area contributed by atoms with Crippen LogP contribution in [0.3, 0.4) is 0 Å². The fourth-order valence-electron chi connectivity index (χ4n) is 3.15. The van der Waals surface area contributed by atoms with E-state index < -0.39 is 55.0 Å². The quantitative estimate of drug-likeness (QED) is 0.0660. The van der Waals surface area contributed by atoms with Crippen molar-refractivity contribution in [1.82, 2.24) is 0 Å². The maximum Gasteiger partial charge on any atom is 0.322 e. The summed E-state index contributed by atoms with van der Waals surface area (Å²) in [4.78, 5) is 37.0. The van der Waals surface area contributed by atoms with E-state index in [9.17, 15) is 39.9 Å². The molecule has 43 heavy (non-hydrogen) atoms. The predicted molar refractivity (Wildman–Crippen MR) is 156 cm³/mol. The lowest BCUT2D eigenvalue weighted by atomic mass is 9.93. The normalized spacial score (nSPS) is 12.4. The number of hydrogen-bond donors (Lipinski definition) is 5. The number of esters is 2. The van der Waals surface area contributed by atoms with Gasteiger partial charge in [0.2, 0.25) is 0 Å². The molecule has 0 saturated carbocycles. The molecule has 5 N–H and O–H groups in total. The molecule has 0 saturated heterocycles. The maximum absolute atomic E-state index is 12.4. The summed E-state index contributed by atoms with van der Waals surface area (Å²) in [6, 6.07) is 9.02. The number of benzene rings is 2. The molecular formula is C31H36O12. The molecule has 12 heteroatoms. The minimum absolute atomic E-state index is 0.0587. The summed E-state index contributed by atoms with van der Waals surface area (Å²) in [5.74, 6) is -2.08. The van der Waals surface area contributed by atoms with Crippen LogP contribution in [0.4, 0.5) is 0 Å². The van der Waals surface area contributed by atoms with Crippen molar-refractivity contribution in [2.75, 3.05) is 40.6 Å². The van der Waals surface area contributed by atoms with Gasteiger partial charge in [0.1, 0.15) is 16.6 Å². The number of ketones is 1. The first-order chi connectivity index (χ1) is 20.4. The molecule has 0 unspecified atom stereocenters. The van der Waals surface area contributed by atoms with E-state index >= 15 is 0 Å². The molecular weight excluding hydrogens is 564 g/mol. The summed E-state index contributed by atoms with van der Waals surface area (Å²) in [6.07, 6.45) is 6.42. The molecule has 0 radical (unpaired) electrons. The van der Waals surface area contributed by atoms with Crippen LogP contribution in [0.5, 0.6) is 23.0 Å². The summed E-state index contributed by atoms with van der Waals surface area (Å²) < 4.78 is 21.0. The highest BCUT2D eigenvalue weighted by atomic mass is 16.6. The second kappa shape index (κ2) is 15.7. The third-order valence-electron chi connectivity index (χ3n) is 6.34. The van der Waals surface area contributed by atoms with Gasteiger partial charge in [0.25, 0.3) is 0 Å². The maximum atomic E-state index is 12.4. The SMILES string of the molecule is COc1cc(/C=C\C(O)=C\C(=O)/C=C/c2ccc(OC(=O)C(C)(CO)CO)c(OC)c2)ccc1OC(=O)C(C)(CO)CO. The Morgan fingerprint density at radius 2 is 1.07 bits per heavy atom. The second-order valence-electron chi connectivity index (χ2n) is 9.99. The van der Waals surface area contributed by atoms with Crippen LogP contribution in [-0.2, 0) is 14.4 Å². The molecule has 0 spiro atoms. The van der Waals surface area contributed by atoms with Gasteiger partial charge >= 0.3 is 11.9 Å². The molecule has 0 atom stereocenters. The summed E-state index contributed by atoms with van der Waals surface area (Å²) in [5.41, 5.74) is -1.92. The highest BCUT2D eigenvalue weighted by Gasteiger charge is 2.35. The first-order valence-corrected chi connectivity index (χ1v) is 12.9. The third kappa shape index (κ3) is 9.25. The predicted octanol–water partition coefficient (Wildman–Crippen LogP) is 2.23. The lowest BCUT2D eigenvalue weighted by Gasteiger charge is -2.22. The van der Waals surface area contributed by atoms with Gasteiger partial charge in [0, 0.05) is 6.08 Å². The van der Waals surface area contributed by atoms with E-state index in [-0.39, 0.29) is 28.8 Å². The van der Waals surface area contributed by atoms with Gasteiger partial charge in [-0.25, -0.2) is 0 Å². The number of hydrogen-bond acceptors (Lipinski definition) is 12. The number of ether oxygens (including phenoxy) is 4. The summed E-state index contributed by atoms with van der Waals surface area (Å²) in [7, 11) is 2.72. The summed E-state index contributed by atoms with van der Waals surface area (Å²) in [6.45, 7) is 0.258. The Labute approximate surface area is 248 Å². The number of carbonyl (C=O) groups is 3. The fourth-order valence-corrected chi connectivity index (χ4v) is 3.15. The average Bonchev–Trinajstić information content (AvgIpc) is 3.02. The zero-order chi connectivity index (χ0) is 32.2. The standard InChI is InChI=1S/C31H36O12/c1-30(16-32,17-33)28(38)42-24-11-7-20(13-26(24)40-3)5-9-22(36)15-23(37)10-6-21-8-12-25(27(14-21)41-4)43-29(39)31(2,18-34)19-35/h5-15,32-36H,16-19H2,1-4H3/b9-5-,10-6+,22-15-. The smallest absolute Gasteiger partial charge is 0.322 e. The Morgan fingerprint density at radius 3 is 1.44 bits per heavy atom. The van der Waals surface area contributed by atoms with Gasteiger partial charge in [-0.05, 0) is 61.4 Å². The summed E-state index contributed by atoms with van der Waals surface area (Å²) in [5, 5.41) is 47.7. The van der Waals surface area contributed by atoms with E-state index in [1.54, 1.807) is 12.1 Å². The molecule has 232 valence electrons. The van der Waals surface area contributed by atoms with Crippen molar-refractivity contribution in [3.05, 3.63) is 71.5 Å². The highest BCUT2D eigenvalue weighted by Crippen LogP contribution is 2.32. The van der Waals surface area contributed by atoms with Crippen LogP contribution in [0.15, 0.2) is 60.4 Å². The van der Waals surface area contributed by atoms with Gasteiger partial charge in [-0.1, -0.05) is 24.3 Å². The molecule has 0 aliphatic carbocycles. The minimum atomic E-state index is -1.49. The fraction of sp³-hybridized carbons (Fsp3) is 0.323. The third-order valence-corrected chi connectivity index (χ3v) is 6.34. The Bertz CT molecular complexity index is 1380. The minimum Gasteiger partial charge on any atom is -0.508 e. The Balaban J connectivity index is 2.11. The molecule has 0 heterocycles. The van der Waals surface area contributed by atoms with Crippen molar-refractivity contribution >= 4 is 29.9 Å². The van der Waals surface area contributed by atoms with E-state index in [0.29, 0.717) is 11.1 Å². The molecule has 0 aliphatic rings. The number of aliphatic hydroxyl groups is 5. The zero-order valence-corrected chi connectivity index (χ0v) is 24.3. The molecule has 2 aromatic rings. The molecule has 0 bridgehead atoms. The van der Waals surface area contributed by atoms with Crippen molar-refractivity contribution in [2.24, 2.45) is 10.8 Å². The van der Waals surface area contributed by atoms with Crippen LogP contribution in [0.25, 0.3) is 12.2 Å². The van der Waals surface area contributed by atoms with E-state index in [4.69, 9.17) is 18.9 Å². The number of aliphatic hydroxyl groups excluding tert-OH is 5. The number of carbonyl (C=O) groups excluding carboxylic acids is 3. The van der Waals surface area contributed by atoms with Crippen molar-refractivity contribution in [3.63, 3.8) is 0 Å². The molecule has 0 fully saturated rings. The van der Waals surface area contributed by atoms with Gasteiger partial charge < -0.3 is 44.5 Å². The molecule has 0 aliphatic heterocycles. The van der Waals surface area contributed by atoms with Crippen molar-refractivity contribution in [3.8, 4) is 23.0 Å². The first kappa shape index (κ1) is 34.7. The van der Waals surface area contributed by atoms with Gasteiger partial charge in [0.15, 0.2) is 28.8 Å². The molecule has 0 amide bonds. The van der Waals surface area contributed by atoms with Gasteiger partial charge in [0.05, 0.1) is 40.6 Å². The number of allylic oxidation sites excluding steroid dienone is 3. The van der Waals surface area contributed by atoms with Crippen molar-refractivity contribution in [2.45, 2.75) is 13.8 Å². The van der Waals surface area contributed by atoms with Crippen LogP contribution in [-0.4, -0.2) is 83.9 Å². The molecule has 12 nitrogen and oxygen atoms in total. The van der Waals surface area contributed by atoms with Gasteiger partial charge in [-0.3, -0.25) is 14.4 Å². The number of rotatable bonds is 15. The van der Waals surface area contributed by atoms with E-state index in [0.717, 1.165) is 6.08 Å². The van der Waals surface area contributed by atoms with Crippen LogP contribution in [0.2, 0.25) is 0 Å². The topological polar surface area (TPSA) is 189 Å². The second-order valence-corrected chi connectivity index (χ2v) is 9.99. The molecule has 2 rings (SSSR count). The number of methoxy groups -OCH3 is 2. The van der Waals surface area contributed by atoms with E-state index in [1.807, 2.05) is 0 Å². The van der Waals surface area contributed by atoms with Gasteiger partial charge in [-0.15, -0.1) is 0 Å². The lowest BCUT2D eigenvalue weighted by Crippen LogP contribution is -2.38. The van der Waals surface area contributed by atoms with Gasteiger partial charge in [-0.2, -0.15) is 0 Å². The van der Waals surface area contributed by atoms with Crippen LogP contribution < -0.4 is 18.9 Å². The van der Waals surface area contributed by atoms with E-state index in [2.05, 4.69) is 0 Å². The highest BCUT2D eigenvalue weighted by molar-refractivity contribution is 6.02. The monoisotopic (exact) mass is 600 g/mol. The van der Waals surface area contributed by atoms with Crippen LogP contribution in [0, 0.1) is 10.8 Å². The molecule has 2 aromatic carbocycles. The zero-order valence-electron chi connectivity index (χ0n) is 24.3. The first-order valence-electron chi connectivity index (χ1n) is 12.9. The average molecular weight is 601 g/mol. The van der Waals surface area contributed by atoms with Crippen molar-refractivity contribution < 1.29 is 58.9 Å². The van der Waals surface area contributed by atoms with Crippen LogP contribution in [0.1, 0.15) is 25.0 Å². The lowest BCUT2D eigenvalue weighted by molar-refractivity contribution is -0.151. The van der Waals surface area contributed by atoms with E-state index in [1.165, 1.54) is 76.6 Å². The van der Waals surface area contributed by atoms with Crippen molar-refractivity contribution in [1.29, 1.82) is 0 Å². The summed E-state index contributed by atoms with van der Waals surface area (Å²) >= 11 is 0. The largest absolute Gasteiger partial charge is 0.508 e.